The lowest BCUT2D eigenvalue weighted by molar-refractivity contribution is 0.0628. The molecule has 3 rings (SSSR count). The molecule has 0 unspecified atom stereocenters. The van der Waals surface area contributed by atoms with Crippen LogP contribution >= 0.6 is 0 Å². The fourth-order valence-corrected chi connectivity index (χ4v) is 3.97. The Labute approximate surface area is 176 Å². The number of hydrogen-bond donors (Lipinski definition) is 0. The summed E-state index contributed by atoms with van der Waals surface area (Å²) < 4.78 is 0. The van der Waals surface area contributed by atoms with Crippen molar-refractivity contribution in [3.8, 4) is 0 Å². The maximum absolute atomic E-state index is 12.9. The predicted molar refractivity (Wildman–Crippen MR) is 120 cm³/mol. The van der Waals surface area contributed by atoms with E-state index in [9.17, 15) is 4.79 Å². The minimum Gasteiger partial charge on any atom is -0.336 e. The van der Waals surface area contributed by atoms with E-state index in [-0.39, 0.29) is 5.91 Å². The zero-order valence-corrected chi connectivity index (χ0v) is 18.4. The van der Waals surface area contributed by atoms with Crippen LogP contribution < -0.4 is 0 Å². The van der Waals surface area contributed by atoms with Crippen LogP contribution in [0.1, 0.15) is 47.8 Å². The monoisotopic (exact) mass is 393 g/mol. The van der Waals surface area contributed by atoms with Gasteiger partial charge in [-0.05, 0) is 56.1 Å². The minimum atomic E-state index is 0.156. The Balaban J connectivity index is 1.53. The van der Waals surface area contributed by atoms with Crippen LogP contribution in [-0.4, -0.2) is 59.4 Å². The number of nitrogens with zero attached hydrogens (tertiary/aromatic N) is 3. The summed E-state index contributed by atoms with van der Waals surface area (Å²) in [7, 11) is 0. The molecular weight excluding hydrogens is 358 g/mol. The Bertz CT molecular complexity index is 792. The summed E-state index contributed by atoms with van der Waals surface area (Å²) in [6.07, 6.45) is 0. The number of piperazine rings is 1. The predicted octanol–water partition coefficient (Wildman–Crippen LogP) is 4.18. The molecule has 1 amide bonds. The van der Waals surface area contributed by atoms with E-state index in [1.165, 1.54) is 16.7 Å². The van der Waals surface area contributed by atoms with E-state index in [2.05, 4.69) is 73.9 Å². The van der Waals surface area contributed by atoms with Gasteiger partial charge in [-0.3, -0.25) is 14.6 Å². The van der Waals surface area contributed by atoms with Crippen LogP contribution in [0.2, 0.25) is 0 Å². The zero-order valence-electron chi connectivity index (χ0n) is 18.4. The van der Waals surface area contributed by atoms with E-state index in [1.54, 1.807) is 0 Å². The van der Waals surface area contributed by atoms with Crippen LogP contribution in [0.3, 0.4) is 0 Å². The van der Waals surface area contributed by atoms with Crippen LogP contribution in [0.15, 0.2) is 48.5 Å². The number of benzene rings is 2. The number of carbonyl (C=O) groups is 1. The van der Waals surface area contributed by atoms with Crippen LogP contribution in [-0.2, 0) is 13.1 Å². The second kappa shape index (κ2) is 10.0. The standard InChI is InChI=1S/C25H35N3O/c1-5-27(20(2)3)18-22-10-12-23(13-11-22)25(29)28-16-14-26(15-17-28)19-24-9-7-6-8-21(24)4/h6-13,20H,5,14-19H2,1-4H3. The number of amides is 1. The zero-order chi connectivity index (χ0) is 20.8. The van der Waals surface area contributed by atoms with Gasteiger partial charge in [-0.25, -0.2) is 0 Å². The molecule has 156 valence electrons. The van der Waals surface area contributed by atoms with Gasteiger partial charge in [-0.2, -0.15) is 0 Å². The first kappa shape index (κ1) is 21.5. The highest BCUT2D eigenvalue weighted by molar-refractivity contribution is 5.94. The molecule has 0 atom stereocenters. The van der Waals surface area contributed by atoms with Crippen molar-refractivity contribution in [1.82, 2.24) is 14.7 Å². The molecule has 1 fully saturated rings. The fraction of sp³-hybridized carbons (Fsp3) is 0.480. The van der Waals surface area contributed by atoms with Crippen LogP contribution in [0, 0.1) is 6.92 Å². The molecule has 0 spiro atoms. The summed E-state index contributed by atoms with van der Waals surface area (Å²) in [5.74, 6) is 0.156. The molecule has 1 aliphatic rings. The van der Waals surface area contributed by atoms with Gasteiger partial charge in [0.1, 0.15) is 0 Å². The van der Waals surface area contributed by atoms with Crippen LogP contribution in [0.4, 0.5) is 0 Å². The van der Waals surface area contributed by atoms with E-state index in [0.717, 1.165) is 51.4 Å². The highest BCUT2D eigenvalue weighted by Crippen LogP contribution is 2.15. The molecule has 0 bridgehead atoms. The molecule has 0 saturated carbocycles. The largest absolute Gasteiger partial charge is 0.336 e. The average molecular weight is 394 g/mol. The summed E-state index contributed by atoms with van der Waals surface area (Å²) >= 11 is 0. The van der Waals surface area contributed by atoms with Crippen molar-refractivity contribution in [3.05, 3.63) is 70.8 Å². The molecule has 4 nitrogen and oxygen atoms in total. The summed E-state index contributed by atoms with van der Waals surface area (Å²) in [6.45, 7) is 15.2. The lowest BCUT2D eigenvalue weighted by atomic mass is 10.1. The number of rotatable bonds is 7. The lowest BCUT2D eigenvalue weighted by Gasteiger charge is -2.35. The summed E-state index contributed by atoms with van der Waals surface area (Å²) in [5, 5.41) is 0. The van der Waals surface area contributed by atoms with Gasteiger partial charge < -0.3 is 4.90 Å². The topological polar surface area (TPSA) is 26.8 Å². The molecule has 0 aliphatic carbocycles. The Morgan fingerprint density at radius 1 is 1.00 bits per heavy atom. The van der Waals surface area contributed by atoms with Gasteiger partial charge in [0.25, 0.3) is 5.91 Å². The van der Waals surface area contributed by atoms with Gasteiger partial charge >= 0.3 is 0 Å². The lowest BCUT2D eigenvalue weighted by Crippen LogP contribution is -2.48. The van der Waals surface area contributed by atoms with Crippen molar-refractivity contribution in [2.24, 2.45) is 0 Å². The van der Waals surface area contributed by atoms with E-state index < -0.39 is 0 Å². The quantitative estimate of drug-likeness (QED) is 0.706. The molecular formula is C25H35N3O. The smallest absolute Gasteiger partial charge is 0.253 e. The molecule has 0 N–H and O–H groups in total. The average Bonchev–Trinajstić information content (AvgIpc) is 2.74. The third-order valence-electron chi connectivity index (χ3n) is 6.04. The van der Waals surface area contributed by atoms with Crippen LogP contribution in [0.25, 0.3) is 0 Å². The first-order chi connectivity index (χ1) is 14.0. The fourth-order valence-electron chi connectivity index (χ4n) is 3.97. The Hall–Kier alpha value is -2.17. The van der Waals surface area contributed by atoms with E-state index in [1.807, 2.05) is 17.0 Å². The van der Waals surface area contributed by atoms with Gasteiger partial charge in [0.15, 0.2) is 0 Å². The summed E-state index contributed by atoms with van der Waals surface area (Å²) in [5.41, 5.74) is 4.78. The van der Waals surface area contributed by atoms with Crippen molar-refractivity contribution < 1.29 is 4.79 Å². The number of carbonyl (C=O) groups excluding carboxylic acids is 1. The maximum atomic E-state index is 12.9. The van der Waals surface area contributed by atoms with Gasteiger partial charge in [-0.1, -0.05) is 43.3 Å². The SMILES string of the molecule is CCN(Cc1ccc(C(=O)N2CCN(Cc3ccccc3C)CC2)cc1)C(C)C. The maximum Gasteiger partial charge on any atom is 0.253 e. The van der Waals surface area contributed by atoms with E-state index >= 15 is 0 Å². The Morgan fingerprint density at radius 2 is 1.66 bits per heavy atom. The first-order valence-electron chi connectivity index (χ1n) is 10.9. The van der Waals surface area contributed by atoms with Crippen molar-refractivity contribution in [3.63, 3.8) is 0 Å². The van der Waals surface area contributed by atoms with Crippen molar-refractivity contribution in [2.45, 2.75) is 46.8 Å². The molecule has 1 heterocycles. The summed E-state index contributed by atoms with van der Waals surface area (Å²) in [4.78, 5) is 19.8. The normalized spacial score (nSPS) is 15.3. The summed E-state index contributed by atoms with van der Waals surface area (Å²) in [6, 6.07) is 17.3. The van der Waals surface area contributed by atoms with E-state index in [4.69, 9.17) is 0 Å². The Kier molecular flexibility index (Phi) is 7.45. The highest BCUT2D eigenvalue weighted by atomic mass is 16.2. The third-order valence-corrected chi connectivity index (χ3v) is 6.04. The first-order valence-corrected chi connectivity index (χ1v) is 10.9. The van der Waals surface area contributed by atoms with Gasteiger partial charge in [0, 0.05) is 50.9 Å². The third kappa shape index (κ3) is 5.68. The molecule has 0 aromatic heterocycles. The molecule has 4 heteroatoms. The molecule has 29 heavy (non-hydrogen) atoms. The van der Waals surface area contributed by atoms with Crippen molar-refractivity contribution in [1.29, 1.82) is 0 Å². The number of aryl methyl sites for hydroxylation is 1. The van der Waals surface area contributed by atoms with Crippen molar-refractivity contribution >= 4 is 5.91 Å². The Morgan fingerprint density at radius 3 is 2.24 bits per heavy atom. The van der Waals surface area contributed by atoms with E-state index in [0.29, 0.717) is 6.04 Å². The van der Waals surface area contributed by atoms with Gasteiger partial charge in [-0.15, -0.1) is 0 Å². The second-order valence-corrected chi connectivity index (χ2v) is 8.35. The number of hydrogen-bond acceptors (Lipinski definition) is 3. The minimum absolute atomic E-state index is 0.156. The van der Waals surface area contributed by atoms with Gasteiger partial charge in [0.2, 0.25) is 0 Å². The highest BCUT2D eigenvalue weighted by Gasteiger charge is 2.22. The molecule has 0 radical (unpaired) electrons. The second-order valence-electron chi connectivity index (χ2n) is 8.35. The molecule has 1 aliphatic heterocycles. The van der Waals surface area contributed by atoms with Crippen LogP contribution in [0.5, 0.6) is 0 Å². The van der Waals surface area contributed by atoms with Gasteiger partial charge in [0.05, 0.1) is 0 Å². The molecule has 1 saturated heterocycles. The molecule has 2 aromatic rings. The molecule has 2 aromatic carbocycles. The van der Waals surface area contributed by atoms with Crippen molar-refractivity contribution in [2.75, 3.05) is 32.7 Å².